The third kappa shape index (κ3) is 1.04. The van der Waals surface area contributed by atoms with Gasteiger partial charge in [-0.3, -0.25) is 0 Å². The molecule has 0 spiro atoms. The first-order valence-electron chi connectivity index (χ1n) is 5.25. The van der Waals surface area contributed by atoms with Crippen LogP contribution in [0.25, 0.3) is 0 Å². The van der Waals surface area contributed by atoms with Crippen LogP contribution in [0.3, 0.4) is 0 Å². The van der Waals surface area contributed by atoms with Gasteiger partial charge in [0.1, 0.15) is 0 Å². The molecule has 0 aliphatic rings. The number of rotatable bonds is 1. The third-order valence-corrected chi connectivity index (χ3v) is 0.500. The molecule has 0 bridgehead atoms. The lowest BCUT2D eigenvalue weighted by Gasteiger charge is -1.82. The van der Waals surface area contributed by atoms with Crippen LogP contribution < -0.4 is 0 Å². The Morgan fingerprint density at radius 3 is 2.71 bits per heavy atom. The van der Waals surface area contributed by atoms with Gasteiger partial charge < -0.3 is 0 Å². The fourth-order valence-corrected chi connectivity index (χ4v) is 0.250. The molecule has 7 heavy (non-hydrogen) atoms. The minimum absolute atomic E-state index is 0.365. The Balaban J connectivity index is 3.60. The third-order valence-electron chi connectivity index (χ3n) is 0.500. The van der Waals surface area contributed by atoms with Gasteiger partial charge in [-0.15, -0.1) is 0 Å². The molecule has 1 aromatic carbocycles. The average molecular weight is 98.2 g/mol. The molecular weight excluding hydrogens is 84.1 g/mol. The summed E-state index contributed by atoms with van der Waals surface area (Å²) in [6.45, 7) is -0.776. The Morgan fingerprint density at radius 2 is 2.14 bits per heavy atom. The summed E-state index contributed by atoms with van der Waals surface area (Å²) in [6.07, 6.45) is 0. The van der Waals surface area contributed by atoms with Crippen molar-refractivity contribution in [2.75, 3.05) is 0 Å². The molecule has 35 valence electrons. The predicted octanol–water partition coefficient (Wildman–Crippen LogP) is 1.87. The van der Waals surface area contributed by atoms with E-state index >= 15 is 0 Å². The molecule has 0 N–H and O–H groups in total. The van der Waals surface area contributed by atoms with Gasteiger partial charge in [0.2, 0.25) is 0 Å². The van der Waals surface area contributed by atoms with Crippen LogP contribution in [0, 0.1) is 6.88 Å². The van der Waals surface area contributed by atoms with E-state index < -0.39 is 37.1 Å². The van der Waals surface area contributed by atoms with Crippen molar-refractivity contribution in [2.45, 2.75) is 0 Å². The summed E-state index contributed by atoms with van der Waals surface area (Å²) in [7, 11) is 0. The van der Waals surface area contributed by atoms with Gasteiger partial charge in [0.15, 0.2) is 0 Å². The van der Waals surface area contributed by atoms with Crippen LogP contribution in [0.4, 0.5) is 0 Å². The summed E-state index contributed by atoms with van der Waals surface area (Å²) in [6, 6.07) is -2.55. The lowest BCUT2D eigenvalue weighted by Crippen LogP contribution is -1.62. The Labute approximate surface area is 53.6 Å². The van der Waals surface area contributed by atoms with Crippen LogP contribution in [0.1, 0.15) is 15.2 Å². The molecule has 0 aromatic heterocycles. The van der Waals surface area contributed by atoms with Crippen LogP contribution in [0.2, 0.25) is 0 Å². The second-order valence-electron chi connectivity index (χ2n) is 1.00. The van der Waals surface area contributed by atoms with Gasteiger partial charge in [0, 0.05) is 2.74 Å². The maximum absolute atomic E-state index is 7.33. The second kappa shape index (κ2) is 1.78. The predicted molar refractivity (Wildman–Crippen MR) is 30.9 cm³/mol. The Hall–Kier alpha value is -0.780. The van der Waals surface area contributed by atoms with E-state index in [0.717, 1.165) is 0 Å². The van der Waals surface area contributed by atoms with Gasteiger partial charge >= 0.3 is 0 Å². The highest BCUT2D eigenvalue weighted by Gasteiger charge is 1.72. The van der Waals surface area contributed by atoms with E-state index in [2.05, 4.69) is 0 Å². The summed E-state index contributed by atoms with van der Waals surface area (Å²) in [5.74, 6) is 0. The van der Waals surface area contributed by atoms with E-state index in [1.165, 1.54) is 0 Å². The zero-order valence-corrected chi connectivity index (χ0v) is 3.50. The highest BCUT2D eigenvalue weighted by atomic mass is 13.8. The standard InChI is InChI=1S/C7H7/c1-7-5-3-2-4-6-7/h2-6H,1H2/i1D2,2D,3D,4D,5D,6D. The lowest BCUT2D eigenvalue weighted by atomic mass is 10.2. The van der Waals surface area contributed by atoms with Crippen LogP contribution in [0.5, 0.6) is 0 Å². The second-order valence-corrected chi connectivity index (χ2v) is 1.00. The molecule has 1 aromatic rings. The Bertz CT molecular complexity index is 342. The first-order valence-corrected chi connectivity index (χ1v) is 1.75. The summed E-state index contributed by atoms with van der Waals surface area (Å²) in [5.41, 5.74) is -0.365. The van der Waals surface area contributed by atoms with Crippen molar-refractivity contribution in [3.8, 4) is 0 Å². The highest BCUT2D eigenvalue weighted by molar-refractivity contribution is 5.16. The normalized spacial score (nSPS) is 23.3. The van der Waals surface area contributed by atoms with Crippen molar-refractivity contribution in [1.29, 1.82) is 0 Å². The van der Waals surface area contributed by atoms with Crippen LogP contribution in [-0.2, 0) is 0 Å². The van der Waals surface area contributed by atoms with Crippen molar-refractivity contribution in [2.24, 2.45) is 0 Å². The number of benzene rings is 1. The first-order chi connectivity index (χ1) is 6.37. The van der Waals surface area contributed by atoms with Gasteiger partial charge in [-0.25, -0.2) is 0 Å². The maximum atomic E-state index is 7.33. The van der Waals surface area contributed by atoms with Crippen molar-refractivity contribution >= 4 is 0 Å². The van der Waals surface area contributed by atoms with E-state index in [1.54, 1.807) is 0 Å². The molecule has 1 radical (unpaired) electrons. The quantitative estimate of drug-likeness (QED) is 0.503. The Morgan fingerprint density at radius 1 is 1.43 bits per heavy atom. The lowest BCUT2D eigenvalue weighted by molar-refractivity contribution is 1.62. The molecule has 0 saturated carbocycles. The SMILES string of the molecule is [2H][C]([2H])c1c([2H])c([2H])c([2H])c([2H])c1[2H]. The summed E-state index contributed by atoms with van der Waals surface area (Å²) >= 11 is 0. The fraction of sp³-hybridized carbons (Fsp3) is 0. The smallest absolute Gasteiger partial charge is 0.0622 e. The molecule has 0 nitrogen and oxygen atoms in total. The Kier molecular flexibility index (Phi) is 0.247. The summed E-state index contributed by atoms with van der Waals surface area (Å²) < 4.78 is 50.4. The fourth-order valence-electron chi connectivity index (χ4n) is 0.250. The number of hydrogen-bond donors (Lipinski definition) is 0. The zero-order valence-electron chi connectivity index (χ0n) is 10.5. The van der Waals surface area contributed by atoms with Gasteiger partial charge in [0.25, 0.3) is 0 Å². The topological polar surface area (TPSA) is 0 Å². The molecule has 0 aliphatic carbocycles. The molecule has 0 saturated heterocycles. The van der Waals surface area contributed by atoms with Crippen LogP contribution in [0.15, 0.2) is 30.2 Å². The van der Waals surface area contributed by atoms with E-state index in [4.69, 9.17) is 9.60 Å². The highest BCUT2D eigenvalue weighted by Crippen LogP contribution is 1.92. The van der Waals surface area contributed by atoms with E-state index in [-0.39, 0.29) is 5.56 Å². The first kappa shape index (κ1) is 0.970. The van der Waals surface area contributed by atoms with Crippen LogP contribution in [-0.4, -0.2) is 0 Å². The van der Waals surface area contributed by atoms with E-state index in [0.29, 0.717) is 0 Å². The van der Waals surface area contributed by atoms with Crippen molar-refractivity contribution in [3.63, 3.8) is 0 Å². The largest absolute Gasteiger partial charge is 0.0626 e. The average Bonchev–Trinajstić information content (AvgIpc) is 2.11. The molecule has 0 aliphatic heterocycles. The van der Waals surface area contributed by atoms with Crippen molar-refractivity contribution in [3.05, 3.63) is 42.7 Å². The molecule has 0 atom stereocenters. The van der Waals surface area contributed by atoms with Crippen molar-refractivity contribution in [1.82, 2.24) is 0 Å². The maximum Gasteiger partial charge on any atom is 0.0626 e. The molecule has 0 fully saturated rings. The summed E-state index contributed by atoms with van der Waals surface area (Å²) in [4.78, 5) is 0. The monoisotopic (exact) mass is 98.1 g/mol. The molecule has 0 heterocycles. The molecule has 1 rings (SSSR count). The van der Waals surface area contributed by atoms with Gasteiger partial charge in [-0.1, -0.05) is 30.2 Å². The molecular formula is C7H7. The van der Waals surface area contributed by atoms with E-state index in [1.807, 2.05) is 0 Å². The molecule has 0 heteroatoms. The van der Waals surface area contributed by atoms with Gasteiger partial charge in [-0.2, -0.15) is 0 Å². The van der Waals surface area contributed by atoms with Crippen molar-refractivity contribution < 1.29 is 9.60 Å². The van der Waals surface area contributed by atoms with Crippen LogP contribution >= 0.6 is 0 Å². The van der Waals surface area contributed by atoms with E-state index in [9.17, 15) is 0 Å². The number of hydrogen-bond acceptors (Lipinski definition) is 0. The van der Waals surface area contributed by atoms with Gasteiger partial charge in [-0.05, 0) is 12.4 Å². The van der Waals surface area contributed by atoms with Gasteiger partial charge in [0.05, 0.1) is 6.85 Å². The molecule has 0 amide bonds. The minimum atomic E-state index is -0.776. The minimum Gasteiger partial charge on any atom is -0.0622 e. The molecule has 0 unspecified atom stereocenters. The summed E-state index contributed by atoms with van der Waals surface area (Å²) in [5, 5.41) is 0. The zero-order chi connectivity index (χ0) is 11.0.